The van der Waals surface area contributed by atoms with Crippen molar-refractivity contribution in [1.29, 1.82) is 0 Å². The summed E-state index contributed by atoms with van der Waals surface area (Å²) in [4.78, 5) is 8.50. The van der Waals surface area contributed by atoms with E-state index in [0.29, 0.717) is 5.15 Å². The van der Waals surface area contributed by atoms with Gasteiger partial charge in [-0.2, -0.15) is 0 Å². The Kier molecular flexibility index (Phi) is 1.57. The van der Waals surface area contributed by atoms with Gasteiger partial charge in [-0.3, -0.25) is 0 Å². The molecule has 0 aliphatic rings. The first kappa shape index (κ1) is 8.20. The van der Waals surface area contributed by atoms with Crippen LogP contribution in [0.2, 0.25) is 5.15 Å². The van der Waals surface area contributed by atoms with Gasteiger partial charge in [0.1, 0.15) is 5.52 Å². The van der Waals surface area contributed by atoms with E-state index in [9.17, 15) is 0 Å². The summed E-state index contributed by atoms with van der Waals surface area (Å²) in [5.74, 6) is 0. The lowest BCUT2D eigenvalue weighted by molar-refractivity contribution is 0.951. The Morgan fingerprint density at radius 3 is 3.21 bits per heavy atom. The molecule has 3 rings (SSSR count). The summed E-state index contributed by atoms with van der Waals surface area (Å²) >= 11 is 7.69. The second kappa shape index (κ2) is 2.68. The van der Waals surface area contributed by atoms with Gasteiger partial charge in [-0.05, 0) is 11.4 Å². The number of hydrogen-bond donors (Lipinski definition) is 0. The van der Waals surface area contributed by atoms with E-state index in [1.165, 1.54) is 0 Å². The molecule has 5 heteroatoms. The van der Waals surface area contributed by atoms with Crippen molar-refractivity contribution in [1.82, 2.24) is 14.5 Å². The van der Waals surface area contributed by atoms with E-state index in [1.807, 2.05) is 23.1 Å². The predicted octanol–water partition coefficient (Wildman–Crippen LogP) is 2.84. The van der Waals surface area contributed by atoms with E-state index >= 15 is 0 Å². The molecule has 0 fully saturated rings. The number of hydrogen-bond acceptors (Lipinski definition) is 3. The predicted molar refractivity (Wildman–Crippen MR) is 58.9 cm³/mol. The van der Waals surface area contributed by atoms with Crippen molar-refractivity contribution in [2.45, 2.75) is 0 Å². The highest BCUT2D eigenvalue weighted by molar-refractivity contribution is 7.18. The molecule has 0 unspecified atom stereocenters. The van der Waals surface area contributed by atoms with Crippen molar-refractivity contribution in [3.05, 3.63) is 22.9 Å². The smallest absolute Gasteiger partial charge is 0.157 e. The largest absolute Gasteiger partial charge is 0.332 e. The molecule has 3 heterocycles. The van der Waals surface area contributed by atoms with Crippen LogP contribution in [0, 0.1) is 0 Å². The van der Waals surface area contributed by atoms with Crippen LogP contribution in [-0.2, 0) is 7.05 Å². The second-order valence-electron chi connectivity index (χ2n) is 3.09. The Bertz CT molecular complexity index is 625. The van der Waals surface area contributed by atoms with Gasteiger partial charge >= 0.3 is 0 Å². The van der Waals surface area contributed by atoms with Crippen LogP contribution in [0.25, 0.3) is 21.3 Å². The Morgan fingerprint density at radius 1 is 1.50 bits per heavy atom. The molecule has 0 saturated heterocycles. The molecule has 14 heavy (non-hydrogen) atoms. The fourth-order valence-electron chi connectivity index (χ4n) is 1.58. The number of pyridine rings is 1. The maximum absolute atomic E-state index is 6.02. The highest BCUT2D eigenvalue weighted by Crippen LogP contribution is 2.30. The first-order valence-electron chi connectivity index (χ1n) is 4.11. The zero-order valence-corrected chi connectivity index (χ0v) is 8.93. The topological polar surface area (TPSA) is 30.7 Å². The quantitative estimate of drug-likeness (QED) is 0.549. The van der Waals surface area contributed by atoms with Crippen molar-refractivity contribution in [3.8, 4) is 0 Å². The molecule has 0 N–H and O–H groups in total. The number of rotatable bonds is 0. The molecule has 0 amide bonds. The summed E-state index contributed by atoms with van der Waals surface area (Å²) < 4.78 is 3.12. The molecular formula is C9H6ClN3S. The van der Waals surface area contributed by atoms with Crippen molar-refractivity contribution in [3.63, 3.8) is 0 Å². The fourth-order valence-corrected chi connectivity index (χ4v) is 2.72. The first-order chi connectivity index (χ1) is 6.77. The van der Waals surface area contributed by atoms with Crippen molar-refractivity contribution in [2.24, 2.45) is 7.05 Å². The third kappa shape index (κ3) is 0.923. The van der Waals surface area contributed by atoms with Gasteiger partial charge in [0.25, 0.3) is 0 Å². The minimum atomic E-state index is 0.478. The molecule has 0 aromatic carbocycles. The molecular weight excluding hydrogens is 218 g/mol. The van der Waals surface area contributed by atoms with E-state index in [2.05, 4.69) is 9.97 Å². The van der Waals surface area contributed by atoms with Crippen LogP contribution in [0.4, 0.5) is 0 Å². The van der Waals surface area contributed by atoms with Gasteiger partial charge in [0.15, 0.2) is 5.15 Å². The second-order valence-corrected chi connectivity index (χ2v) is 4.36. The van der Waals surface area contributed by atoms with Gasteiger partial charge in [0.05, 0.1) is 22.1 Å². The molecule has 0 aliphatic heterocycles. The molecule has 0 radical (unpaired) electrons. The minimum absolute atomic E-state index is 0.478. The number of aryl methyl sites for hydroxylation is 1. The number of aromatic nitrogens is 3. The molecule has 70 valence electrons. The highest BCUT2D eigenvalue weighted by atomic mass is 35.5. The lowest BCUT2D eigenvalue weighted by atomic mass is 10.3. The van der Waals surface area contributed by atoms with Crippen LogP contribution < -0.4 is 0 Å². The third-order valence-corrected chi connectivity index (χ3v) is 3.38. The van der Waals surface area contributed by atoms with Crippen LogP contribution in [-0.4, -0.2) is 14.5 Å². The van der Waals surface area contributed by atoms with Crippen molar-refractivity contribution >= 4 is 44.2 Å². The number of imidazole rings is 1. The Labute approximate surface area is 89.0 Å². The van der Waals surface area contributed by atoms with Crippen LogP contribution in [0.15, 0.2) is 17.8 Å². The lowest BCUT2D eigenvalue weighted by Gasteiger charge is -1.97. The summed E-state index contributed by atoms with van der Waals surface area (Å²) in [5, 5.41) is 2.49. The van der Waals surface area contributed by atoms with E-state index in [4.69, 9.17) is 11.6 Å². The number of halogens is 1. The average Bonchev–Trinajstić information content (AvgIpc) is 2.71. The molecule has 0 atom stereocenters. The standard InChI is InChI=1S/C9H6ClN3S/c1-13-4-11-6-7(13)8-5(2-3-14-8)12-9(6)10/h2-4H,1H3. The van der Waals surface area contributed by atoms with Crippen LogP contribution in [0.1, 0.15) is 0 Å². The SMILES string of the molecule is Cn1cnc2c(Cl)nc3ccsc3c21. The van der Waals surface area contributed by atoms with Crippen molar-refractivity contribution < 1.29 is 0 Å². The summed E-state index contributed by atoms with van der Waals surface area (Å²) in [6.07, 6.45) is 1.76. The lowest BCUT2D eigenvalue weighted by Crippen LogP contribution is -1.85. The Morgan fingerprint density at radius 2 is 2.36 bits per heavy atom. The number of thiophene rings is 1. The van der Waals surface area contributed by atoms with Crippen LogP contribution >= 0.6 is 22.9 Å². The first-order valence-corrected chi connectivity index (χ1v) is 5.37. The van der Waals surface area contributed by atoms with E-state index in [1.54, 1.807) is 17.7 Å². The Balaban J connectivity index is 2.70. The van der Waals surface area contributed by atoms with Crippen LogP contribution in [0.5, 0.6) is 0 Å². The molecule has 3 aromatic rings. The molecule has 0 aliphatic carbocycles. The summed E-state index contributed by atoms with van der Waals surface area (Å²) in [6, 6.07) is 1.97. The van der Waals surface area contributed by atoms with E-state index in [-0.39, 0.29) is 0 Å². The van der Waals surface area contributed by atoms with Gasteiger partial charge < -0.3 is 4.57 Å². The van der Waals surface area contributed by atoms with Crippen LogP contribution in [0.3, 0.4) is 0 Å². The third-order valence-electron chi connectivity index (χ3n) is 2.21. The summed E-state index contributed by atoms with van der Waals surface area (Å²) in [5.41, 5.74) is 2.79. The van der Waals surface area contributed by atoms with Gasteiger partial charge in [0.2, 0.25) is 0 Å². The monoisotopic (exact) mass is 223 g/mol. The summed E-state index contributed by atoms with van der Waals surface area (Å²) in [7, 11) is 1.96. The maximum atomic E-state index is 6.02. The minimum Gasteiger partial charge on any atom is -0.332 e. The zero-order chi connectivity index (χ0) is 9.71. The zero-order valence-electron chi connectivity index (χ0n) is 7.36. The molecule has 0 bridgehead atoms. The molecule has 0 spiro atoms. The van der Waals surface area contributed by atoms with Gasteiger partial charge in [-0.15, -0.1) is 11.3 Å². The van der Waals surface area contributed by atoms with Gasteiger partial charge in [0, 0.05) is 7.05 Å². The molecule has 3 nitrogen and oxygen atoms in total. The fraction of sp³-hybridized carbons (Fsp3) is 0.111. The van der Waals surface area contributed by atoms with E-state index in [0.717, 1.165) is 21.3 Å². The number of nitrogens with zero attached hydrogens (tertiary/aromatic N) is 3. The van der Waals surface area contributed by atoms with Gasteiger partial charge in [-0.25, -0.2) is 9.97 Å². The van der Waals surface area contributed by atoms with Crippen molar-refractivity contribution in [2.75, 3.05) is 0 Å². The average molecular weight is 224 g/mol. The molecule has 3 aromatic heterocycles. The summed E-state index contributed by atoms with van der Waals surface area (Å²) in [6.45, 7) is 0. The maximum Gasteiger partial charge on any atom is 0.157 e. The van der Waals surface area contributed by atoms with E-state index < -0.39 is 0 Å². The highest BCUT2D eigenvalue weighted by Gasteiger charge is 2.11. The normalized spacial score (nSPS) is 11.6. The number of fused-ring (bicyclic) bond motifs is 3. The molecule has 0 saturated carbocycles. The van der Waals surface area contributed by atoms with Gasteiger partial charge in [-0.1, -0.05) is 11.6 Å². The Hall–Kier alpha value is -1.13.